The summed E-state index contributed by atoms with van der Waals surface area (Å²) in [6.07, 6.45) is -4.67. The van der Waals surface area contributed by atoms with Crippen molar-refractivity contribution >= 4 is 11.9 Å². The Morgan fingerprint density at radius 2 is 1.83 bits per heavy atom. The van der Waals surface area contributed by atoms with Gasteiger partial charge in [-0.3, -0.25) is 9.59 Å². The lowest BCUT2D eigenvalue weighted by Gasteiger charge is -2.14. The maximum absolute atomic E-state index is 12.6. The second kappa shape index (κ2) is 5.07. The lowest BCUT2D eigenvalue weighted by molar-refractivity contribution is -0.138. The third kappa shape index (κ3) is 3.22. The second-order valence-electron chi connectivity index (χ2n) is 3.58. The number of alkyl halides is 3. The van der Waals surface area contributed by atoms with Crippen molar-refractivity contribution in [2.45, 2.75) is 19.1 Å². The minimum Gasteiger partial charge on any atom is -0.480 e. The average Bonchev–Trinajstić information content (AvgIpc) is 2.27. The molecule has 0 aliphatic heterocycles. The van der Waals surface area contributed by atoms with Crippen LogP contribution < -0.4 is 5.32 Å². The van der Waals surface area contributed by atoms with E-state index in [4.69, 9.17) is 5.11 Å². The number of hydrogen-bond donors (Lipinski definition) is 2. The van der Waals surface area contributed by atoms with E-state index in [-0.39, 0.29) is 0 Å². The summed E-state index contributed by atoms with van der Waals surface area (Å²) in [4.78, 5) is 22.1. The molecule has 0 spiro atoms. The monoisotopic (exact) mass is 261 g/mol. The number of carboxylic acids is 1. The standard InChI is InChI=1S/C11H10F3NO3/c1-6(10(17)18)15-9(16)7-4-2-3-5-8(7)11(12,13)14/h2-6H,1H3,(H,15,16)(H,17,18). The van der Waals surface area contributed by atoms with Crippen LogP contribution in [0.3, 0.4) is 0 Å². The Bertz CT molecular complexity index is 471. The van der Waals surface area contributed by atoms with Gasteiger partial charge in [0, 0.05) is 0 Å². The van der Waals surface area contributed by atoms with E-state index in [1.165, 1.54) is 6.07 Å². The van der Waals surface area contributed by atoms with Crippen LogP contribution >= 0.6 is 0 Å². The molecule has 1 unspecified atom stereocenters. The minimum absolute atomic E-state index is 0.599. The minimum atomic E-state index is -4.67. The predicted octanol–water partition coefficient (Wildman–Crippen LogP) is 1.91. The first-order valence-corrected chi connectivity index (χ1v) is 4.93. The molecule has 1 aromatic carbocycles. The summed E-state index contributed by atoms with van der Waals surface area (Å²) in [5.41, 5.74) is -1.70. The number of hydrogen-bond acceptors (Lipinski definition) is 2. The van der Waals surface area contributed by atoms with Crippen LogP contribution in [-0.4, -0.2) is 23.0 Å². The van der Waals surface area contributed by atoms with Crippen LogP contribution in [0.25, 0.3) is 0 Å². The number of benzene rings is 1. The third-order valence-corrected chi connectivity index (χ3v) is 2.20. The lowest BCUT2D eigenvalue weighted by Crippen LogP contribution is -2.39. The van der Waals surface area contributed by atoms with Gasteiger partial charge < -0.3 is 10.4 Å². The van der Waals surface area contributed by atoms with Gasteiger partial charge in [0.1, 0.15) is 6.04 Å². The fourth-order valence-electron chi connectivity index (χ4n) is 1.26. The summed E-state index contributed by atoms with van der Waals surface area (Å²) < 4.78 is 37.8. The smallest absolute Gasteiger partial charge is 0.417 e. The van der Waals surface area contributed by atoms with E-state index in [1.54, 1.807) is 0 Å². The van der Waals surface area contributed by atoms with E-state index in [0.717, 1.165) is 25.1 Å². The van der Waals surface area contributed by atoms with Gasteiger partial charge in [0.25, 0.3) is 5.91 Å². The molecule has 0 aliphatic rings. The largest absolute Gasteiger partial charge is 0.480 e. The Hall–Kier alpha value is -2.05. The molecule has 7 heteroatoms. The zero-order chi connectivity index (χ0) is 13.9. The molecule has 1 aromatic rings. The summed E-state index contributed by atoms with van der Waals surface area (Å²) in [7, 11) is 0. The van der Waals surface area contributed by atoms with Gasteiger partial charge in [0.2, 0.25) is 0 Å². The van der Waals surface area contributed by atoms with E-state index in [2.05, 4.69) is 0 Å². The van der Waals surface area contributed by atoms with Crippen LogP contribution in [0.2, 0.25) is 0 Å². The molecule has 0 fully saturated rings. The molecule has 2 N–H and O–H groups in total. The average molecular weight is 261 g/mol. The third-order valence-electron chi connectivity index (χ3n) is 2.20. The zero-order valence-electron chi connectivity index (χ0n) is 9.28. The van der Waals surface area contributed by atoms with Crippen molar-refractivity contribution in [2.75, 3.05) is 0 Å². The van der Waals surface area contributed by atoms with Crippen molar-refractivity contribution in [1.82, 2.24) is 5.32 Å². The van der Waals surface area contributed by atoms with Crippen molar-refractivity contribution in [3.63, 3.8) is 0 Å². The first kappa shape index (κ1) is 14.0. The molecule has 98 valence electrons. The van der Waals surface area contributed by atoms with Crippen molar-refractivity contribution < 1.29 is 27.9 Å². The fraction of sp³-hybridized carbons (Fsp3) is 0.273. The van der Waals surface area contributed by atoms with Gasteiger partial charge in [0.15, 0.2) is 0 Å². The Morgan fingerprint density at radius 3 is 2.33 bits per heavy atom. The molecule has 1 rings (SSSR count). The lowest BCUT2D eigenvalue weighted by atomic mass is 10.1. The van der Waals surface area contributed by atoms with E-state index in [1.807, 2.05) is 5.32 Å². The highest BCUT2D eigenvalue weighted by Gasteiger charge is 2.35. The highest BCUT2D eigenvalue weighted by Crippen LogP contribution is 2.31. The molecular weight excluding hydrogens is 251 g/mol. The summed E-state index contributed by atoms with van der Waals surface area (Å²) in [6, 6.07) is 2.92. The highest BCUT2D eigenvalue weighted by molar-refractivity contribution is 5.97. The van der Waals surface area contributed by atoms with Crippen LogP contribution in [0.5, 0.6) is 0 Å². The summed E-state index contributed by atoms with van der Waals surface area (Å²) >= 11 is 0. The van der Waals surface area contributed by atoms with Gasteiger partial charge in [0.05, 0.1) is 11.1 Å². The van der Waals surface area contributed by atoms with Crippen LogP contribution in [0.15, 0.2) is 24.3 Å². The van der Waals surface area contributed by atoms with E-state index in [9.17, 15) is 22.8 Å². The first-order valence-electron chi connectivity index (χ1n) is 4.93. The number of amides is 1. The molecule has 1 atom stereocenters. The van der Waals surface area contributed by atoms with Crippen LogP contribution in [-0.2, 0) is 11.0 Å². The Morgan fingerprint density at radius 1 is 1.28 bits per heavy atom. The molecule has 1 amide bonds. The number of nitrogens with one attached hydrogen (secondary N) is 1. The summed E-state index contributed by atoms with van der Waals surface area (Å²) in [5, 5.41) is 10.5. The molecule has 0 heterocycles. The first-order chi connectivity index (χ1) is 8.23. The molecule has 0 aliphatic carbocycles. The number of carboxylic acid groups (broad SMARTS) is 1. The quantitative estimate of drug-likeness (QED) is 0.873. The Kier molecular flexibility index (Phi) is 3.95. The molecule has 0 saturated heterocycles. The molecule has 0 aromatic heterocycles. The number of aliphatic carboxylic acids is 1. The van der Waals surface area contributed by atoms with Crippen molar-refractivity contribution in [3.8, 4) is 0 Å². The van der Waals surface area contributed by atoms with Gasteiger partial charge in [-0.1, -0.05) is 12.1 Å². The van der Waals surface area contributed by atoms with Gasteiger partial charge >= 0.3 is 12.1 Å². The molecule has 0 bridgehead atoms. The van der Waals surface area contributed by atoms with Gasteiger partial charge in [-0.2, -0.15) is 13.2 Å². The van der Waals surface area contributed by atoms with E-state index < -0.39 is 35.2 Å². The number of halogens is 3. The van der Waals surface area contributed by atoms with E-state index >= 15 is 0 Å². The molecular formula is C11H10F3NO3. The highest BCUT2D eigenvalue weighted by atomic mass is 19.4. The van der Waals surface area contributed by atoms with E-state index in [0.29, 0.717) is 0 Å². The van der Waals surface area contributed by atoms with Crippen LogP contribution in [0.1, 0.15) is 22.8 Å². The normalized spacial score (nSPS) is 12.9. The summed E-state index contributed by atoms with van der Waals surface area (Å²) in [5.74, 6) is -2.40. The molecule has 0 radical (unpaired) electrons. The predicted molar refractivity (Wildman–Crippen MR) is 56.0 cm³/mol. The Labute approximate surface area is 100 Å². The van der Waals surface area contributed by atoms with Crippen molar-refractivity contribution in [1.29, 1.82) is 0 Å². The molecule has 18 heavy (non-hydrogen) atoms. The maximum atomic E-state index is 12.6. The van der Waals surface area contributed by atoms with Crippen LogP contribution in [0, 0.1) is 0 Å². The number of carbonyl (C=O) groups excluding carboxylic acids is 1. The molecule has 0 saturated carbocycles. The fourth-order valence-corrected chi connectivity index (χ4v) is 1.26. The maximum Gasteiger partial charge on any atom is 0.417 e. The zero-order valence-corrected chi connectivity index (χ0v) is 9.28. The van der Waals surface area contributed by atoms with Gasteiger partial charge in [-0.15, -0.1) is 0 Å². The SMILES string of the molecule is CC(NC(=O)c1ccccc1C(F)(F)F)C(=O)O. The van der Waals surface area contributed by atoms with Crippen molar-refractivity contribution in [3.05, 3.63) is 35.4 Å². The van der Waals surface area contributed by atoms with Gasteiger partial charge in [-0.05, 0) is 19.1 Å². The second-order valence-corrected chi connectivity index (χ2v) is 3.58. The Balaban J connectivity index is 3.03. The number of carbonyl (C=O) groups is 2. The number of rotatable bonds is 3. The van der Waals surface area contributed by atoms with Crippen molar-refractivity contribution in [2.24, 2.45) is 0 Å². The summed E-state index contributed by atoms with van der Waals surface area (Å²) in [6.45, 7) is 1.16. The topological polar surface area (TPSA) is 66.4 Å². The molecule has 4 nitrogen and oxygen atoms in total. The van der Waals surface area contributed by atoms with Crippen LogP contribution in [0.4, 0.5) is 13.2 Å². The van der Waals surface area contributed by atoms with Gasteiger partial charge in [-0.25, -0.2) is 0 Å².